The molecule has 2 amide bonds. The molecule has 4 aromatic rings. The number of hydrogen-bond donors (Lipinski definition) is 1. The molecule has 0 radical (unpaired) electrons. The molecule has 240 valence electrons. The maximum absolute atomic E-state index is 14.2. The van der Waals surface area contributed by atoms with Crippen LogP contribution < -0.4 is 14.5 Å². The van der Waals surface area contributed by atoms with E-state index in [0.717, 1.165) is 43.2 Å². The number of aromatic amines is 1. The Bertz CT molecular complexity index is 1990. The van der Waals surface area contributed by atoms with Crippen LogP contribution in [0.5, 0.6) is 5.75 Å². The standard InChI is InChI=1S/C36H31BrN2O6S2/c1-3-44-35(42)18-8-11-21(12-9-18)39-33(40)28-23-15-24(29(28)34(39)41)30-27(23)26(31-32(46-30)38-36(43)47-31)22-14-20(37)10-13-25(22)45-16-19-7-5-4-6-17(19)2/h4-14,23-24,26-30H,3,15-16H2,1-2H3,(H,38,43)/t23-,24-,26?,27?,28?,29?,30?/m1/s1. The first kappa shape index (κ1) is 30.7. The van der Waals surface area contributed by atoms with Gasteiger partial charge in [-0.05, 0) is 91.6 Å². The number of anilines is 1. The molecule has 2 saturated carbocycles. The SMILES string of the molecule is CCOC(=O)c1ccc(N2C(=O)C3C(C2=O)[C@@H]2C[C@H]3C3Sc4[nH]c(=O)sc4C(c4cc(Br)ccc4OCc4ccccc4C)C32)cc1. The third-order valence-corrected chi connectivity index (χ3v) is 13.4. The second kappa shape index (κ2) is 11.8. The molecule has 2 aliphatic heterocycles. The molecule has 8 nitrogen and oxygen atoms in total. The molecule has 2 bridgehead atoms. The minimum atomic E-state index is -0.444. The summed E-state index contributed by atoms with van der Waals surface area (Å²) in [4.78, 5) is 58.5. The number of fused-ring (bicyclic) bond motifs is 9. The molecule has 3 fully saturated rings. The number of esters is 1. The first-order valence-electron chi connectivity index (χ1n) is 15.8. The van der Waals surface area contributed by atoms with Crippen LogP contribution in [0.4, 0.5) is 5.69 Å². The molecule has 3 heterocycles. The molecule has 2 aliphatic carbocycles. The molecular formula is C36H31BrN2O6S2. The van der Waals surface area contributed by atoms with Gasteiger partial charge in [0.1, 0.15) is 12.4 Å². The molecule has 8 rings (SSSR count). The normalized spacial score (nSPS) is 27.0. The molecule has 3 aromatic carbocycles. The van der Waals surface area contributed by atoms with Gasteiger partial charge >= 0.3 is 10.8 Å². The highest BCUT2D eigenvalue weighted by atomic mass is 79.9. The highest BCUT2D eigenvalue weighted by molar-refractivity contribution is 9.10. The second-order valence-electron chi connectivity index (χ2n) is 12.6. The van der Waals surface area contributed by atoms with Gasteiger partial charge in [-0.25, -0.2) is 4.79 Å². The van der Waals surface area contributed by atoms with Crippen LogP contribution in [0, 0.1) is 36.5 Å². The molecule has 11 heteroatoms. The highest BCUT2D eigenvalue weighted by Gasteiger charge is 2.69. The predicted molar refractivity (Wildman–Crippen MR) is 183 cm³/mol. The Morgan fingerprint density at radius 3 is 2.49 bits per heavy atom. The first-order valence-corrected chi connectivity index (χ1v) is 18.3. The maximum Gasteiger partial charge on any atom is 0.338 e. The zero-order valence-electron chi connectivity index (χ0n) is 25.6. The number of halogens is 1. The molecule has 7 atom stereocenters. The number of nitrogens with zero attached hydrogens (tertiary/aromatic N) is 1. The topological polar surface area (TPSA) is 106 Å². The summed E-state index contributed by atoms with van der Waals surface area (Å²) in [5.41, 5.74) is 4.06. The number of thiazole rings is 1. The zero-order valence-corrected chi connectivity index (χ0v) is 28.8. The van der Waals surface area contributed by atoms with Crippen LogP contribution in [0.2, 0.25) is 0 Å². The number of carbonyl (C=O) groups is 3. The van der Waals surface area contributed by atoms with Crippen molar-refractivity contribution in [1.29, 1.82) is 0 Å². The maximum atomic E-state index is 14.2. The predicted octanol–water partition coefficient (Wildman–Crippen LogP) is 6.94. The number of aryl methyl sites for hydroxylation is 1. The number of thioether (sulfide) groups is 1. The summed E-state index contributed by atoms with van der Waals surface area (Å²) in [6, 6.07) is 20.7. The number of imide groups is 1. The number of amides is 2. The molecule has 0 spiro atoms. The number of rotatable bonds is 7. The number of benzene rings is 3. The minimum Gasteiger partial charge on any atom is -0.489 e. The van der Waals surface area contributed by atoms with Crippen LogP contribution in [0.15, 0.2) is 81.0 Å². The van der Waals surface area contributed by atoms with Crippen molar-refractivity contribution in [3.05, 3.63) is 108 Å². The number of nitrogens with one attached hydrogen (secondary N) is 1. The van der Waals surface area contributed by atoms with E-state index in [2.05, 4.69) is 46.0 Å². The van der Waals surface area contributed by atoms with Gasteiger partial charge in [0, 0.05) is 26.1 Å². The van der Waals surface area contributed by atoms with Crippen LogP contribution in [0.1, 0.15) is 51.2 Å². The van der Waals surface area contributed by atoms with E-state index in [4.69, 9.17) is 9.47 Å². The van der Waals surface area contributed by atoms with Crippen molar-refractivity contribution in [2.24, 2.45) is 29.6 Å². The van der Waals surface area contributed by atoms with Gasteiger partial charge < -0.3 is 14.5 Å². The first-order chi connectivity index (χ1) is 22.7. The van der Waals surface area contributed by atoms with E-state index in [9.17, 15) is 19.2 Å². The average molecular weight is 732 g/mol. The van der Waals surface area contributed by atoms with Crippen LogP contribution in [0.3, 0.4) is 0 Å². The fourth-order valence-corrected chi connectivity index (χ4v) is 11.7. The van der Waals surface area contributed by atoms with Gasteiger partial charge in [0.05, 0.1) is 34.7 Å². The lowest BCUT2D eigenvalue weighted by Gasteiger charge is -2.43. The Morgan fingerprint density at radius 1 is 1.00 bits per heavy atom. The van der Waals surface area contributed by atoms with E-state index < -0.39 is 17.8 Å². The van der Waals surface area contributed by atoms with Gasteiger partial charge in [0.15, 0.2) is 0 Å². The van der Waals surface area contributed by atoms with Crippen LogP contribution >= 0.6 is 39.0 Å². The Kier molecular flexibility index (Phi) is 7.69. The third kappa shape index (κ3) is 4.92. The second-order valence-corrected chi connectivity index (χ2v) is 15.8. The highest BCUT2D eigenvalue weighted by Crippen LogP contribution is 2.69. The summed E-state index contributed by atoms with van der Waals surface area (Å²) in [7, 11) is 0. The van der Waals surface area contributed by atoms with Gasteiger partial charge in [-0.3, -0.25) is 19.3 Å². The van der Waals surface area contributed by atoms with Crippen molar-refractivity contribution >= 4 is 62.5 Å². The van der Waals surface area contributed by atoms with Gasteiger partial charge in [-0.1, -0.05) is 51.5 Å². The Balaban J connectivity index is 1.16. The molecule has 5 unspecified atom stereocenters. The van der Waals surface area contributed by atoms with Gasteiger partial charge in [0.25, 0.3) is 0 Å². The Hall–Kier alpha value is -3.67. The molecule has 1 aromatic heterocycles. The van der Waals surface area contributed by atoms with E-state index in [0.29, 0.717) is 17.9 Å². The Morgan fingerprint density at radius 2 is 1.74 bits per heavy atom. The van der Waals surface area contributed by atoms with Gasteiger partial charge in [0.2, 0.25) is 11.8 Å². The van der Waals surface area contributed by atoms with E-state index in [1.807, 2.05) is 24.3 Å². The van der Waals surface area contributed by atoms with Crippen molar-refractivity contribution in [2.45, 2.75) is 43.1 Å². The zero-order chi connectivity index (χ0) is 32.6. The van der Waals surface area contributed by atoms with Crippen molar-refractivity contribution in [3.63, 3.8) is 0 Å². The smallest absolute Gasteiger partial charge is 0.338 e. The quantitative estimate of drug-likeness (QED) is 0.162. The van der Waals surface area contributed by atoms with Crippen LogP contribution in [-0.2, 0) is 20.9 Å². The minimum absolute atomic E-state index is 0.0113. The fourth-order valence-electron chi connectivity index (χ4n) is 8.40. The monoisotopic (exact) mass is 730 g/mol. The lowest BCUT2D eigenvalue weighted by Crippen LogP contribution is -2.42. The number of ether oxygens (including phenoxy) is 2. The summed E-state index contributed by atoms with van der Waals surface area (Å²) < 4.78 is 12.5. The number of hydrogen-bond acceptors (Lipinski definition) is 8. The van der Waals surface area contributed by atoms with Crippen molar-refractivity contribution in [3.8, 4) is 5.75 Å². The van der Waals surface area contributed by atoms with Crippen molar-refractivity contribution in [2.75, 3.05) is 11.5 Å². The van der Waals surface area contributed by atoms with Crippen LogP contribution in [-0.4, -0.2) is 34.6 Å². The summed E-state index contributed by atoms with van der Waals surface area (Å²) in [6.45, 7) is 4.48. The summed E-state index contributed by atoms with van der Waals surface area (Å²) in [5.74, 6) is -1.12. The van der Waals surface area contributed by atoms with E-state index in [-0.39, 0.29) is 52.2 Å². The largest absolute Gasteiger partial charge is 0.489 e. The van der Waals surface area contributed by atoms with Gasteiger partial charge in [-0.15, -0.1) is 11.8 Å². The average Bonchev–Trinajstić information content (AvgIpc) is 3.80. The molecule has 4 aliphatic rings. The summed E-state index contributed by atoms with van der Waals surface area (Å²) in [6.07, 6.45) is 0.786. The number of carbonyl (C=O) groups excluding carboxylic acids is 3. The lowest BCUT2D eigenvalue weighted by atomic mass is 9.68. The lowest BCUT2D eigenvalue weighted by molar-refractivity contribution is -0.123. The fraction of sp³-hybridized carbons (Fsp3) is 0.333. The van der Waals surface area contributed by atoms with Crippen molar-refractivity contribution < 1.29 is 23.9 Å². The summed E-state index contributed by atoms with van der Waals surface area (Å²) >= 11 is 6.58. The molecule has 1 N–H and O–H groups in total. The molecule has 47 heavy (non-hydrogen) atoms. The van der Waals surface area contributed by atoms with Gasteiger partial charge in [-0.2, -0.15) is 0 Å². The van der Waals surface area contributed by atoms with Crippen molar-refractivity contribution in [1.82, 2.24) is 4.98 Å². The summed E-state index contributed by atoms with van der Waals surface area (Å²) in [5, 5.41) is 0.901. The molecule has 1 saturated heterocycles. The van der Waals surface area contributed by atoms with E-state index >= 15 is 0 Å². The van der Waals surface area contributed by atoms with E-state index in [1.165, 1.54) is 16.2 Å². The third-order valence-electron chi connectivity index (χ3n) is 10.3. The molecular weight excluding hydrogens is 700 g/mol. The number of aromatic nitrogens is 1. The number of H-pyrrole nitrogens is 1. The van der Waals surface area contributed by atoms with Crippen LogP contribution in [0.25, 0.3) is 0 Å². The van der Waals surface area contributed by atoms with E-state index in [1.54, 1.807) is 43.0 Å². The Labute approximate surface area is 288 Å².